The normalized spacial score (nSPS) is 34.1. The maximum absolute atomic E-state index is 13.8. The van der Waals surface area contributed by atoms with Gasteiger partial charge in [0.15, 0.2) is 0 Å². The number of amides is 1. The van der Waals surface area contributed by atoms with Crippen LogP contribution in [-0.4, -0.2) is 58.6 Å². The topological polar surface area (TPSA) is 91.8 Å². The van der Waals surface area contributed by atoms with Gasteiger partial charge < -0.3 is 20.1 Å². The Kier molecular flexibility index (Phi) is 7.79. The Hall–Kier alpha value is -1.94. The maximum atomic E-state index is 13.8. The summed E-state index contributed by atoms with van der Waals surface area (Å²) < 4.78 is 31.6. The average molecular weight is 564 g/mol. The van der Waals surface area contributed by atoms with Crippen molar-refractivity contribution in [1.29, 1.82) is 0 Å². The van der Waals surface area contributed by atoms with Gasteiger partial charge in [0.1, 0.15) is 10.8 Å². The molecule has 7 rings (SSSR count). The van der Waals surface area contributed by atoms with E-state index >= 15 is 0 Å². The van der Waals surface area contributed by atoms with Crippen LogP contribution in [0, 0.1) is 23.7 Å². The van der Waals surface area contributed by atoms with Crippen LogP contribution in [0.5, 0.6) is 0 Å². The minimum absolute atomic E-state index is 0.0222. The molecule has 7 nitrogen and oxygen atoms in total. The molecule has 1 aromatic heterocycles. The molecule has 214 valence electrons. The summed E-state index contributed by atoms with van der Waals surface area (Å²) in [5, 5.41) is 13.7. The van der Waals surface area contributed by atoms with Crippen LogP contribution in [0.4, 0.5) is 14.6 Å². The van der Waals surface area contributed by atoms with Crippen molar-refractivity contribution in [1.82, 2.24) is 10.3 Å². The summed E-state index contributed by atoms with van der Waals surface area (Å²) in [6.45, 7) is -1.33. The highest BCUT2D eigenvalue weighted by Crippen LogP contribution is 2.57. The molecule has 2 unspecified atom stereocenters. The number of thioether (sulfide) groups is 1. The Balaban J connectivity index is 1.19. The van der Waals surface area contributed by atoms with E-state index in [2.05, 4.69) is 10.2 Å². The highest BCUT2D eigenvalue weighted by atomic mass is 32.2. The number of hydrogen-bond donors (Lipinski definition) is 2. The van der Waals surface area contributed by atoms with Gasteiger partial charge in [0.2, 0.25) is 0 Å². The molecule has 5 aliphatic carbocycles. The van der Waals surface area contributed by atoms with Crippen molar-refractivity contribution in [3.8, 4) is 0 Å². The Morgan fingerprint density at radius 2 is 1.87 bits per heavy atom. The fraction of sp³-hybridized carbons (Fsp3) is 0.759. The van der Waals surface area contributed by atoms with Gasteiger partial charge in [-0.1, -0.05) is 19.3 Å². The second kappa shape index (κ2) is 11.1. The molecule has 1 amide bonds. The second-order valence-corrected chi connectivity index (χ2v) is 13.9. The fourth-order valence-electron chi connectivity index (χ4n) is 8.41. The van der Waals surface area contributed by atoms with Gasteiger partial charge in [-0.05, 0) is 87.2 Å². The molecule has 1 aliphatic heterocycles. The molecule has 0 radical (unpaired) electrons. The van der Waals surface area contributed by atoms with Crippen molar-refractivity contribution in [3.05, 3.63) is 17.7 Å². The lowest BCUT2D eigenvalue weighted by Crippen LogP contribution is -2.62. The molecule has 1 aromatic rings. The summed E-state index contributed by atoms with van der Waals surface area (Å²) in [5.74, 6) is 0.742. The van der Waals surface area contributed by atoms with Crippen molar-refractivity contribution < 1.29 is 28.2 Å². The number of nitrogens with one attached hydrogen (secondary N) is 1. The first kappa shape index (κ1) is 27.2. The zero-order valence-corrected chi connectivity index (χ0v) is 23.1. The third-order valence-electron chi connectivity index (χ3n) is 9.85. The average Bonchev–Trinajstić information content (AvgIpc) is 3.33. The number of rotatable bonds is 9. The van der Waals surface area contributed by atoms with Gasteiger partial charge in [-0.15, -0.1) is 11.8 Å². The van der Waals surface area contributed by atoms with E-state index in [-0.39, 0.29) is 36.1 Å². The molecular formula is C29H39F2N3O4S. The van der Waals surface area contributed by atoms with Crippen LogP contribution in [0.3, 0.4) is 0 Å². The van der Waals surface area contributed by atoms with Gasteiger partial charge in [-0.25, -0.2) is 4.98 Å². The summed E-state index contributed by atoms with van der Waals surface area (Å²) in [7, 11) is 0. The summed E-state index contributed by atoms with van der Waals surface area (Å²) in [6, 6.07) is 3.75. The van der Waals surface area contributed by atoms with Crippen LogP contribution in [0.15, 0.2) is 17.2 Å². The summed E-state index contributed by atoms with van der Waals surface area (Å²) >= 11 is 1.70. The summed E-state index contributed by atoms with van der Waals surface area (Å²) in [6.07, 6.45) is 10.6. The van der Waals surface area contributed by atoms with E-state index in [1.807, 2.05) is 12.1 Å². The van der Waals surface area contributed by atoms with Crippen LogP contribution in [0.25, 0.3) is 0 Å². The van der Waals surface area contributed by atoms with E-state index in [1.165, 1.54) is 19.3 Å². The first-order valence-electron chi connectivity index (χ1n) is 14.7. The van der Waals surface area contributed by atoms with E-state index in [4.69, 9.17) is 9.72 Å². The highest BCUT2D eigenvalue weighted by molar-refractivity contribution is 7.99. The van der Waals surface area contributed by atoms with Crippen LogP contribution < -0.4 is 10.2 Å². The van der Waals surface area contributed by atoms with Crippen molar-refractivity contribution in [2.75, 3.05) is 18.0 Å². The number of hydrogen-bond acceptors (Lipinski definition) is 6. The first-order chi connectivity index (χ1) is 18.8. The van der Waals surface area contributed by atoms with Crippen molar-refractivity contribution in [2.24, 2.45) is 23.7 Å². The molecular weight excluding hydrogens is 524 g/mol. The molecule has 4 bridgehead atoms. The largest absolute Gasteiger partial charge is 0.481 e. The third-order valence-corrected chi connectivity index (χ3v) is 11.2. The SMILES string of the molecule is O=C(O)C[C@@H]1CCN(c2ccc(C(=O)N[C@H]3C4CC5CC3C[C@](OC(F)F)(C5)C4)c(SC3CCCCC3)n2)C1. The van der Waals surface area contributed by atoms with E-state index in [9.17, 15) is 23.5 Å². The smallest absolute Gasteiger partial charge is 0.345 e. The number of halogens is 2. The quantitative estimate of drug-likeness (QED) is 0.397. The predicted octanol–water partition coefficient (Wildman–Crippen LogP) is 5.72. The Bertz CT molecular complexity index is 1060. The number of aromatic nitrogens is 1. The molecule has 3 atom stereocenters. The molecule has 2 heterocycles. The number of carbonyl (C=O) groups excluding carboxylic acids is 1. The van der Waals surface area contributed by atoms with E-state index in [0.29, 0.717) is 42.5 Å². The molecule has 2 N–H and O–H groups in total. The number of carbonyl (C=O) groups is 2. The predicted molar refractivity (Wildman–Crippen MR) is 144 cm³/mol. The first-order valence-corrected chi connectivity index (χ1v) is 15.6. The second-order valence-electron chi connectivity index (χ2n) is 12.6. The Morgan fingerprint density at radius 1 is 1.13 bits per heavy atom. The molecule has 10 heteroatoms. The number of carboxylic acid groups (broad SMARTS) is 1. The zero-order chi connectivity index (χ0) is 27.1. The van der Waals surface area contributed by atoms with Crippen LogP contribution in [0.2, 0.25) is 0 Å². The molecule has 0 spiro atoms. The van der Waals surface area contributed by atoms with Crippen molar-refractivity contribution in [2.45, 2.75) is 106 Å². The number of alkyl halides is 2. The number of carboxylic acids is 1. The number of aliphatic carboxylic acids is 1. The van der Waals surface area contributed by atoms with Gasteiger partial charge in [-0.2, -0.15) is 8.78 Å². The molecule has 39 heavy (non-hydrogen) atoms. The molecule has 6 aliphatic rings. The Labute approximate surface area is 232 Å². The van der Waals surface area contributed by atoms with E-state index < -0.39 is 18.2 Å². The van der Waals surface area contributed by atoms with Crippen LogP contribution in [0.1, 0.15) is 87.4 Å². The van der Waals surface area contributed by atoms with Gasteiger partial charge in [0, 0.05) is 30.8 Å². The van der Waals surface area contributed by atoms with Gasteiger partial charge in [0.05, 0.1) is 11.2 Å². The highest BCUT2D eigenvalue weighted by Gasteiger charge is 2.57. The lowest BCUT2D eigenvalue weighted by molar-refractivity contribution is -0.260. The van der Waals surface area contributed by atoms with Gasteiger partial charge in [-0.3, -0.25) is 9.59 Å². The third kappa shape index (κ3) is 5.92. The fourth-order valence-corrected chi connectivity index (χ4v) is 9.73. The van der Waals surface area contributed by atoms with E-state index in [0.717, 1.165) is 49.5 Å². The zero-order valence-electron chi connectivity index (χ0n) is 22.3. The molecule has 5 saturated carbocycles. The van der Waals surface area contributed by atoms with Gasteiger partial charge >= 0.3 is 12.6 Å². The number of pyridine rings is 1. The molecule has 1 saturated heterocycles. The minimum Gasteiger partial charge on any atom is -0.481 e. The lowest BCUT2D eigenvalue weighted by Gasteiger charge is -2.59. The summed E-state index contributed by atoms with van der Waals surface area (Å²) in [4.78, 5) is 32.1. The van der Waals surface area contributed by atoms with Crippen molar-refractivity contribution in [3.63, 3.8) is 0 Å². The van der Waals surface area contributed by atoms with E-state index in [1.54, 1.807) is 11.8 Å². The minimum atomic E-state index is -2.76. The van der Waals surface area contributed by atoms with Gasteiger partial charge in [0.25, 0.3) is 5.91 Å². The Morgan fingerprint density at radius 3 is 2.56 bits per heavy atom. The van der Waals surface area contributed by atoms with Crippen LogP contribution in [-0.2, 0) is 9.53 Å². The maximum Gasteiger partial charge on any atom is 0.345 e. The molecule has 0 aromatic carbocycles. The monoisotopic (exact) mass is 563 g/mol. The molecule has 6 fully saturated rings. The summed E-state index contributed by atoms with van der Waals surface area (Å²) in [5.41, 5.74) is -0.145. The lowest BCUT2D eigenvalue weighted by atomic mass is 9.52. The standard InChI is InChI=1S/C29H39F2N3O4S/c30-28(31)38-29-13-18-10-19(14-29)25(20(11-18)15-29)33-26(37)22-6-7-23(34-9-8-17(16-34)12-24(35)36)32-27(22)39-21-4-2-1-3-5-21/h6-7,17-21,25,28H,1-5,8-16H2,(H,33,37)(H,35,36)/t17-,18?,19?,20?,25-,29-/m0/s1. The number of nitrogens with zero attached hydrogens (tertiary/aromatic N) is 2. The van der Waals surface area contributed by atoms with Crippen LogP contribution >= 0.6 is 11.8 Å². The number of anilines is 1. The number of ether oxygens (including phenoxy) is 1. The van der Waals surface area contributed by atoms with Crippen molar-refractivity contribution >= 4 is 29.5 Å².